The molecule has 0 bridgehead atoms. The number of benzene rings is 2. The maximum absolute atomic E-state index is 12.4. The molecule has 138 valence electrons. The molecule has 0 aromatic heterocycles. The van der Waals surface area contributed by atoms with Crippen LogP contribution in [0.25, 0.3) is 0 Å². The van der Waals surface area contributed by atoms with Gasteiger partial charge >= 0.3 is 6.03 Å². The van der Waals surface area contributed by atoms with Crippen LogP contribution in [-0.2, 0) is 6.42 Å². The topological polar surface area (TPSA) is 35.6 Å². The third kappa shape index (κ3) is 4.37. The molecule has 2 amide bonds. The van der Waals surface area contributed by atoms with Gasteiger partial charge in [-0.1, -0.05) is 42.0 Å². The second kappa shape index (κ2) is 8.26. The summed E-state index contributed by atoms with van der Waals surface area (Å²) >= 11 is 0. The van der Waals surface area contributed by atoms with Crippen molar-refractivity contribution in [2.75, 3.05) is 37.6 Å². The molecule has 1 aliphatic rings. The van der Waals surface area contributed by atoms with Gasteiger partial charge in [0.1, 0.15) is 0 Å². The van der Waals surface area contributed by atoms with Crippen LogP contribution in [0.5, 0.6) is 0 Å². The lowest BCUT2D eigenvalue weighted by molar-refractivity contribution is 0.194. The Kier molecular flexibility index (Phi) is 5.82. The molecular weight excluding hydrogens is 322 g/mol. The first-order valence-corrected chi connectivity index (χ1v) is 9.44. The Morgan fingerprint density at radius 2 is 1.65 bits per heavy atom. The number of rotatable bonds is 4. The van der Waals surface area contributed by atoms with Crippen molar-refractivity contribution >= 4 is 11.7 Å². The van der Waals surface area contributed by atoms with Gasteiger partial charge in [0, 0.05) is 38.4 Å². The van der Waals surface area contributed by atoms with E-state index in [1.807, 2.05) is 4.90 Å². The van der Waals surface area contributed by atoms with E-state index in [2.05, 4.69) is 73.5 Å². The van der Waals surface area contributed by atoms with Gasteiger partial charge in [-0.3, -0.25) is 0 Å². The normalized spacial score (nSPS) is 14.4. The highest BCUT2D eigenvalue weighted by Gasteiger charge is 2.22. The number of hydrogen-bond acceptors (Lipinski definition) is 2. The minimum absolute atomic E-state index is 0.0534. The molecule has 3 rings (SSSR count). The number of carbonyl (C=O) groups is 1. The van der Waals surface area contributed by atoms with Gasteiger partial charge in [0.15, 0.2) is 0 Å². The van der Waals surface area contributed by atoms with Gasteiger partial charge in [0.05, 0.1) is 0 Å². The second-order valence-corrected chi connectivity index (χ2v) is 7.16. The Morgan fingerprint density at radius 1 is 0.962 bits per heavy atom. The molecule has 26 heavy (non-hydrogen) atoms. The zero-order chi connectivity index (χ0) is 18.5. The molecule has 0 radical (unpaired) electrons. The summed E-state index contributed by atoms with van der Waals surface area (Å²) in [4.78, 5) is 16.7. The van der Waals surface area contributed by atoms with Gasteiger partial charge in [-0.25, -0.2) is 4.79 Å². The average molecular weight is 351 g/mol. The number of aryl methyl sites for hydroxylation is 2. The van der Waals surface area contributed by atoms with Crippen molar-refractivity contribution in [1.29, 1.82) is 0 Å². The Morgan fingerprint density at radius 3 is 2.35 bits per heavy atom. The number of anilines is 1. The van der Waals surface area contributed by atoms with Crippen LogP contribution in [0.3, 0.4) is 0 Å². The molecule has 1 fully saturated rings. The van der Waals surface area contributed by atoms with E-state index < -0.39 is 0 Å². The molecule has 0 aliphatic carbocycles. The molecule has 1 aliphatic heterocycles. The van der Waals surface area contributed by atoms with Crippen LogP contribution in [0, 0.1) is 20.8 Å². The zero-order valence-corrected chi connectivity index (χ0v) is 16.1. The third-order valence-electron chi connectivity index (χ3n) is 5.29. The summed E-state index contributed by atoms with van der Waals surface area (Å²) in [5.74, 6) is 0. The summed E-state index contributed by atoms with van der Waals surface area (Å²) in [6.07, 6.45) is 0.870. The first-order chi connectivity index (χ1) is 12.5. The van der Waals surface area contributed by atoms with Crippen molar-refractivity contribution < 1.29 is 4.79 Å². The minimum atomic E-state index is 0.0534. The largest absolute Gasteiger partial charge is 0.368 e. The number of hydrogen-bond donors (Lipinski definition) is 1. The summed E-state index contributed by atoms with van der Waals surface area (Å²) < 4.78 is 0. The fourth-order valence-corrected chi connectivity index (χ4v) is 3.41. The third-order valence-corrected chi connectivity index (χ3v) is 5.29. The first kappa shape index (κ1) is 18.3. The van der Waals surface area contributed by atoms with Crippen molar-refractivity contribution in [3.05, 3.63) is 64.7 Å². The van der Waals surface area contributed by atoms with Crippen molar-refractivity contribution in [3.63, 3.8) is 0 Å². The van der Waals surface area contributed by atoms with Gasteiger partial charge in [0.2, 0.25) is 0 Å². The molecule has 1 saturated heterocycles. The van der Waals surface area contributed by atoms with E-state index in [1.165, 1.54) is 27.9 Å². The van der Waals surface area contributed by atoms with Gasteiger partial charge < -0.3 is 15.1 Å². The van der Waals surface area contributed by atoms with Gasteiger partial charge in [0.25, 0.3) is 0 Å². The van der Waals surface area contributed by atoms with Gasteiger partial charge in [-0.05, 0) is 49.9 Å². The highest BCUT2D eigenvalue weighted by atomic mass is 16.2. The molecule has 1 N–H and O–H groups in total. The summed E-state index contributed by atoms with van der Waals surface area (Å²) in [5.41, 5.74) is 6.47. The number of amides is 2. The number of piperazine rings is 1. The molecule has 1 heterocycles. The van der Waals surface area contributed by atoms with Crippen LogP contribution in [0.15, 0.2) is 42.5 Å². The summed E-state index contributed by atoms with van der Waals surface area (Å²) in [6, 6.07) is 15.0. The molecule has 0 spiro atoms. The molecule has 0 atom stereocenters. The quantitative estimate of drug-likeness (QED) is 0.912. The van der Waals surface area contributed by atoms with Gasteiger partial charge in [-0.2, -0.15) is 0 Å². The van der Waals surface area contributed by atoms with Crippen LogP contribution in [0.1, 0.15) is 22.3 Å². The highest BCUT2D eigenvalue weighted by molar-refractivity contribution is 5.74. The van der Waals surface area contributed by atoms with E-state index in [-0.39, 0.29) is 6.03 Å². The summed E-state index contributed by atoms with van der Waals surface area (Å²) in [7, 11) is 0. The lowest BCUT2D eigenvalue weighted by atomic mass is 10.1. The molecule has 4 heteroatoms. The average Bonchev–Trinajstić information content (AvgIpc) is 2.66. The first-order valence-electron chi connectivity index (χ1n) is 9.44. The van der Waals surface area contributed by atoms with Crippen LogP contribution in [0.2, 0.25) is 0 Å². The monoisotopic (exact) mass is 351 g/mol. The highest BCUT2D eigenvalue weighted by Crippen LogP contribution is 2.23. The van der Waals surface area contributed by atoms with Crippen molar-refractivity contribution in [3.8, 4) is 0 Å². The Hall–Kier alpha value is -2.49. The predicted molar refractivity (Wildman–Crippen MR) is 108 cm³/mol. The molecule has 2 aromatic rings. The van der Waals surface area contributed by atoms with Crippen LogP contribution in [0.4, 0.5) is 10.5 Å². The number of nitrogens with zero attached hydrogens (tertiary/aromatic N) is 2. The minimum Gasteiger partial charge on any atom is -0.368 e. The lowest BCUT2D eigenvalue weighted by Crippen LogP contribution is -2.52. The number of carbonyl (C=O) groups excluding carboxylic acids is 1. The number of nitrogens with one attached hydrogen (secondary N) is 1. The summed E-state index contributed by atoms with van der Waals surface area (Å²) in [5, 5.41) is 3.06. The standard InChI is InChI=1S/C22H29N3O/c1-17-7-9-20(10-8-17)11-12-23-22(26)25-15-13-24(14-16-25)21-6-4-5-18(2)19(21)3/h4-10H,11-16H2,1-3H3,(H,23,26). The zero-order valence-electron chi connectivity index (χ0n) is 16.1. The summed E-state index contributed by atoms with van der Waals surface area (Å²) in [6.45, 7) is 10.4. The lowest BCUT2D eigenvalue weighted by Gasteiger charge is -2.37. The fraction of sp³-hybridized carbons (Fsp3) is 0.409. The van der Waals surface area contributed by atoms with Crippen LogP contribution >= 0.6 is 0 Å². The van der Waals surface area contributed by atoms with E-state index in [0.717, 1.165) is 32.6 Å². The molecule has 4 nitrogen and oxygen atoms in total. The maximum atomic E-state index is 12.4. The Balaban J connectivity index is 1.46. The van der Waals surface area contributed by atoms with E-state index in [4.69, 9.17) is 0 Å². The molecule has 0 saturated carbocycles. The predicted octanol–water partition coefficient (Wildman–Crippen LogP) is 3.69. The van der Waals surface area contributed by atoms with Crippen LogP contribution < -0.4 is 10.2 Å². The van der Waals surface area contributed by atoms with E-state index in [0.29, 0.717) is 6.54 Å². The smallest absolute Gasteiger partial charge is 0.317 e. The van der Waals surface area contributed by atoms with Crippen molar-refractivity contribution in [1.82, 2.24) is 10.2 Å². The van der Waals surface area contributed by atoms with E-state index >= 15 is 0 Å². The second-order valence-electron chi connectivity index (χ2n) is 7.16. The molecule has 2 aromatic carbocycles. The SMILES string of the molecule is Cc1ccc(CCNC(=O)N2CCN(c3cccc(C)c3C)CC2)cc1. The number of urea groups is 1. The molecular formula is C22H29N3O. The van der Waals surface area contributed by atoms with Crippen molar-refractivity contribution in [2.24, 2.45) is 0 Å². The van der Waals surface area contributed by atoms with Gasteiger partial charge in [-0.15, -0.1) is 0 Å². The van der Waals surface area contributed by atoms with Crippen LogP contribution in [-0.4, -0.2) is 43.7 Å². The Labute approximate surface area is 156 Å². The van der Waals surface area contributed by atoms with Crippen molar-refractivity contribution in [2.45, 2.75) is 27.2 Å². The van der Waals surface area contributed by atoms with E-state index in [1.54, 1.807) is 0 Å². The fourth-order valence-electron chi connectivity index (χ4n) is 3.41. The molecule has 0 unspecified atom stereocenters. The maximum Gasteiger partial charge on any atom is 0.317 e. The Bertz CT molecular complexity index is 746. The van der Waals surface area contributed by atoms with E-state index in [9.17, 15) is 4.79 Å².